The van der Waals surface area contributed by atoms with Gasteiger partial charge in [-0.25, -0.2) is 4.39 Å². The van der Waals surface area contributed by atoms with Crippen molar-refractivity contribution in [1.29, 1.82) is 0 Å². The molecule has 0 heterocycles. The molecule has 0 N–H and O–H groups in total. The Morgan fingerprint density at radius 2 is 1.90 bits per heavy atom. The minimum Gasteiger partial charge on any atom is -0.496 e. The molecule has 4 rings (SSSR count). The minimum absolute atomic E-state index is 0.263. The van der Waals surface area contributed by atoms with Crippen LogP contribution in [0.2, 0.25) is 0 Å². The summed E-state index contributed by atoms with van der Waals surface area (Å²) in [5, 5.41) is 0. The van der Waals surface area contributed by atoms with Crippen LogP contribution in [0.15, 0.2) is 16.6 Å². The van der Waals surface area contributed by atoms with Crippen LogP contribution in [0, 0.1) is 35.4 Å². The van der Waals surface area contributed by atoms with Crippen molar-refractivity contribution in [2.75, 3.05) is 7.11 Å². The molecule has 20 heavy (non-hydrogen) atoms. The molecule has 0 aliphatic heterocycles. The van der Waals surface area contributed by atoms with E-state index in [0.717, 1.165) is 29.2 Å². The molecular formula is C16H17Br2FO. The molecule has 1 nitrogen and oxygen atoms in total. The van der Waals surface area contributed by atoms with Gasteiger partial charge in [0.15, 0.2) is 0 Å². The zero-order valence-electron chi connectivity index (χ0n) is 11.3. The van der Waals surface area contributed by atoms with Gasteiger partial charge in [-0.1, -0.05) is 15.9 Å². The number of fused-ring (bicyclic) bond motifs is 5. The lowest BCUT2D eigenvalue weighted by atomic mass is 9.97. The molecule has 1 aromatic rings. The van der Waals surface area contributed by atoms with Crippen LogP contribution < -0.4 is 4.74 Å². The van der Waals surface area contributed by atoms with Crippen LogP contribution in [-0.4, -0.2) is 7.11 Å². The van der Waals surface area contributed by atoms with Crippen LogP contribution in [0.5, 0.6) is 5.75 Å². The summed E-state index contributed by atoms with van der Waals surface area (Å²) in [5.41, 5.74) is 1.08. The monoisotopic (exact) mass is 402 g/mol. The van der Waals surface area contributed by atoms with Crippen molar-refractivity contribution in [2.24, 2.45) is 29.6 Å². The molecule has 0 radical (unpaired) electrons. The highest BCUT2D eigenvalue weighted by Gasteiger charge is 2.66. The van der Waals surface area contributed by atoms with E-state index < -0.39 is 0 Å². The molecule has 2 bridgehead atoms. The number of hydrogen-bond donors (Lipinski definition) is 0. The minimum atomic E-state index is -0.263. The number of halogens is 3. The molecule has 3 aliphatic carbocycles. The number of ether oxygens (including phenoxy) is 1. The molecule has 0 saturated heterocycles. The van der Waals surface area contributed by atoms with Crippen molar-refractivity contribution in [3.8, 4) is 5.75 Å². The predicted molar refractivity (Wildman–Crippen MR) is 83.6 cm³/mol. The van der Waals surface area contributed by atoms with E-state index in [1.165, 1.54) is 25.3 Å². The van der Waals surface area contributed by atoms with Gasteiger partial charge < -0.3 is 4.74 Å². The summed E-state index contributed by atoms with van der Waals surface area (Å²) in [4.78, 5) is 0.285. The smallest absolute Gasteiger partial charge is 0.141 e. The summed E-state index contributed by atoms with van der Waals surface area (Å²) in [6.07, 6.45) is 4.30. The summed E-state index contributed by atoms with van der Waals surface area (Å²) < 4.78 is 19.5. The van der Waals surface area contributed by atoms with E-state index in [1.807, 2.05) is 6.07 Å². The quantitative estimate of drug-likeness (QED) is 0.620. The second-order valence-electron chi connectivity index (χ2n) is 6.48. The summed E-state index contributed by atoms with van der Waals surface area (Å²) in [7, 11) is 1.61. The molecule has 3 aliphatic rings. The average molecular weight is 404 g/mol. The van der Waals surface area contributed by atoms with Crippen molar-refractivity contribution in [1.82, 2.24) is 0 Å². The Labute approximate surface area is 135 Å². The Hall–Kier alpha value is -0.0900. The standard InChI is InChI=1S/C16H17Br2FO/c1-20-12-6-11(19)10(17)5-9(12)16(18)15-13-7-2-3-8(4-7)14(13)15/h5-8,13-16H,2-4H2,1H3. The highest BCUT2D eigenvalue weighted by Crippen LogP contribution is 2.73. The van der Waals surface area contributed by atoms with Gasteiger partial charge in [-0.05, 0) is 70.8 Å². The molecule has 0 spiro atoms. The largest absolute Gasteiger partial charge is 0.496 e. The van der Waals surface area contributed by atoms with E-state index in [-0.39, 0.29) is 10.6 Å². The van der Waals surface area contributed by atoms with E-state index >= 15 is 0 Å². The van der Waals surface area contributed by atoms with Crippen LogP contribution in [0.25, 0.3) is 0 Å². The molecule has 3 saturated carbocycles. The number of hydrogen-bond acceptors (Lipinski definition) is 1. The third kappa shape index (κ3) is 1.83. The van der Waals surface area contributed by atoms with Crippen LogP contribution in [-0.2, 0) is 0 Å². The highest BCUT2D eigenvalue weighted by atomic mass is 79.9. The van der Waals surface area contributed by atoms with Crippen LogP contribution in [0.3, 0.4) is 0 Å². The van der Waals surface area contributed by atoms with Crippen molar-refractivity contribution in [3.63, 3.8) is 0 Å². The number of rotatable bonds is 3. The maximum absolute atomic E-state index is 13.6. The third-order valence-corrected chi connectivity index (χ3v) is 7.41. The second kappa shape index (κ2) is 4.70. The Bertz CT molecular complexity index is 546. The van der Waals surface area contributed by atoms with Crippen LogP contribution in [0.4, 0.5) is 4.39 Å². The van der Waals surface area contributed by atoms with Gasteiger partial charge in [-0.3, -0.25) is 0 Å². The lowest BCUT2D eigenvalue weighted by Gasteiger charge is -2.18. The lowest BCUT2D eigenvalue weighted by molar-refractivity contribution is 0.399. The van der Waals surface area contributed by atoms with Crippen molar-refractivity contribution in [3.05, 3.63) is 28.0 Å². The molecule has 5 atom stereocenters. The molecule has 1 aromatic carbocycles. The predicted octanol–water partition coefficient (Wildman–Crippen LogP) is 5.32. The Kier molecular flexibility index (Phi) is 3.19. The summed E-state index contributed by atoms with van der Waals surface area (Å²) >= 11 is 7.17. The van der Waals surface area contributed by atoms with Gasteiger partial charge in [0.2, 0.25) is 0 Å². The van der Waals surface area contributed by atoms with Crippen molar-refractivity contribution >= 4 is 31.9 Å². The molecule has 0 amide bonds. The number of alkyl halides is 1. The second-order valence-corrected chi connectivity index (χ2v) is 8.32. The fourth-order valence-electron chi connectivity index (χ4n) is 4.93. The number of benzene rings is 1. The van der Waals surface area contributed by atoms with E-state index in [2.05, 4.69) is 31.9 Å². The van der Waals surface area contributed by atoms with Crippen LogP contribution >= 0.6 is 31.9 Å². The summed E-state index contributed by atoms with van der Waals surface area (Å²) in [6, 6.07) is 3.37. The van der Waals surface area contributed by atoms with E-state index in [0.29, 0.717) is 16.1 Å². The maximum Gasteiger partial charge on any atom is 0.141 e. The molecular weight excluding hydrogens is 387 g/mol. The molecule has 5 unspecified atom stereocenters. The summed E-state index contributed by atoms with van der Waals surface area (Å²) in [6.45, 7) is 0. The first-order valence-corrected chi connectivity index (χ1v) is 8.99. The third-order valence-electron chi connectivity index (χ3n) is 5.70. The van der Waals surface area contributed by atoms with Gasteiger partial charge >= 0.3 is 0 Å². The average Bonchev–Trinajstić information content (AvgIpc) is 2.88. The van der Waals surface area contributed by atoms with Gasteiger partial charge in [-0.2, -0.15) is 0 Å². The van der Waals surface area contributed by atoms with E-state index in [1.54, 1.807) is 7.11 Å². The molecule has 108 valence electrons. The zero-order chi connectivity index (χ0) is 14.0. The maximum atomic E-state index is 13.6. The normalized spacial score (nSPS) is 38.7. The van der Waals surface area contributed by atoms with Gasteiger partial charge in [0, 0.05) is 16.5 Å². The van der Waals surface area contributed by atoms with E-state index in [4.69, 9.17) is 4.74 Å². The van der Waals surface area contributed by atoms with Crippen molar-refractivity contribution in [2.45, 2.75) is 24.1 Å². The zero-order valence-corrected chi connectivity index (χ0v) is 14.5. The number of methoxy groups -OCH3 is 1. The Balaban J connectivity index is 1.64. The molecule has 4 heteroatoms. The first-order valence-electron chi connectivity index (χ1n) is 7.28. The first-order chi connectivity index (χ1) is 9.61. The van der Waals surface area contributed by atoms with Crippen LogP contribution in [0.1, 0.15) is 29.7 Å². The molecule has 3 fully saturated rings. The van der Waals surface area contributed by atoms with Gasteiger partial charge in [0.05, 0.1) is 11.6 Å². The van der Waals surface area contributed by atoms with Gasteiger partial charge in [0.25, 0.3) is 0 Å². The molecule has 0 aromatic heterocycles. The SMILES string of the molecule is COc1cc(F)c(Br)cc1C(Br)C1C2C3CCC(C3)C21. The topological polar surface area (TPSA) is 9.23 Å². The summed E-state index contributed by atoms with van der Waals surface area (Å²) in [5.74, 6) is 4.80. The fraction of sp³-hybridized carbons (Fsp3) is 0.625. The van der Waals surface area contributed by atoms with Gasteiger partial charge in [-0.15, -0.1) is 0 Å². The Morgan fingerprint density at radius 1 is 1.25 bits per heavy atom. The highest BCUT2D eigenvalue weighted by molar-refractivity contribution is 9.10. The fourth-order valence-corrected chi connectivity index (χ4v) is 6.35. The van der Waals surface area contributed by atoms with E-state index in [9.17, 15) is 4.39 Å². The Morgan fingerprint density at radius 3 is 2.50 bits per heavy atom. The van der Waals surface area contributed by atoms with Crippen molar-refractivity contribution < 1.29 is 9.13 Å². The van der Waals surface area contributed by atoms with Gasteiger partial charge in [0.1, 0.15) is 11.6 Å². The first kappa shape index (κ1) is 13.6. The lowest BCUT2D eigenvalue weighted by Crippen LogP contribution is -2.06.